The van der Waals surface area contributed by atoms with Crippen molar-refractivity contribution in [3.63, 3.8) is 0 Å². The molecule has 1 aromatic heterocycles. The molecule has 0 spiro atoms. The fourth-order valence-corrected chi connectivity index (χ4v) is 1.86. The highest BCUT2D eigenvalue weighted by Crippen LogP contribution is 2.19. The fourth-order valence-electron chi connectivity index (χ4n) is 1.86. The van der Waals surface area contributed by atoms with Crippen LogP contribution in [0.4, 0.5) is 11.5 Å². The lowest BCUT2D eigenvalue weighted by atomic mass is 10.2. The van der Waals surface area contributed by atoms with Crippen LogP contribution < -0.4 is 10.1 Å². The summed E-state index contributed by atoms with van der Waals surface area (Å²) in [6, 6.07) is 8.11. The summed E-state index contributed by atoms with van der Waals surface area (Å²) in [6.45, 7) is 4.01. The maximum absolute atomic E-state index is 12.2. The van der Waals surface area contributed by atoms with Crippen LogP contribution in [0.15, 0.2) is 36.5 Å². The maximum atomic E-state index is 12.2. The molecule has 0 aliphatic rings. The fraction of sp³-hybridized carbons (Fsp3) is 0.200. The molecule has 1 amide bonds. The van der Waals surface area contributed by atoms with Gasteiger partial charge in [-0.2, -0.15) is 0 Å². The first kappa shape index (κ1) is 15.4. The third kappa shape index (κ3) is 3.57. The van der Waals surface area contributed by atoms with Gasteiger partial charge in [0.25, 0.3) is 11.6 Å². The van der Waals surface area contributed by atoms with E-state index in [2.05, 4.69) is 10.3 Å². The van der Waals surface area contributed by atoms with Crippen LogP contribution in [0, 0.1) is 17.0 Å². The number of hydrogen-bond acceptors (Lipinski definition) is 5. The molecule has 0 aliphatic carbocycles. The van der Waals surface area contributed by atoms with E-state index in [4.69, 9.17) is 4.74 Å². The van der Waals surface area contributed by atoms with Crippen LogP contribution in [0.25, 0.3) is 0 Å². The summed E-state index contributed by atoms with van der Waals surface area (Å²) in [5.41, 5.74) is 0.822. The number of hydrogen-bond donors (Lipinski definition) is 1. The molecule has 0 atom stereocenters. The van der Waals surface area contributed by atoms with Crippen molar-refractivity contribution in [2.75, 3.05) is 11.9 Å². The van der Waals surface area contributed by atoms with Crippen molar-refractivity contribution in [3.05, 3.63) is 57.8 Å². The minimum Gasteiger partial charge on any atom is -0.494 e. The average molecular weight is 301 g/mol. The molecule has 114 valence electrons. The predicted octanol–water partition coefficient (Wildman–Crippen LogP) is 2.95. The summed E-state index contributed by atoms with van der Waals surface area (Å²) in [4.78, 5) is 26.3. The minimum atomic E-state index is -0.531. The van der Waals surface area contributed by atoms with Gasteiger partial charge >= 0.3 is 0 Å². The second kappa shape index (κ2) is 6.66. The maximum Gasteiger partial charge on any atom is 0.287 e. The molecule has 7 heteroatoms. The molecule has 0 unspecified atom stereocenters. The highest BCUT2D eigenvalue weighted by molar-refractivity contribution is 6.04. The molecule has 0 bridgehead atoms. The number of nitrogens with one attached hydrogen (secondary N) is 1. The number of ether oxygens (including phenoxy) is 1. The first-order valence-electron chi connectivity index (χ1n) is 6.66. The van der Waals surface area contributed by atoms with Gasteiger partial charge in [0.05, 0.1) is 11.5 Å². The molecule has 1 heterocycles. The third-order valence-electron chi connectivity index (χ3n) is 2.91. The smallest absolute Gasteiger partial charge is 0.287 e. The molecule has 0 fully saturated rings. The zero-order valence-electron chi connectivity index (χ0n) is 12.2. The van der Waals surface area contributed by atoms with Crippen molar-refractivity contribution in [3.8, 4) is 5.75 Å². The van der Waals surface area contributed by atoms with Crippen LogP contribution in [0.2, 0.25) is 0 Å². The Morgan fingerprint density at radius 1 is 1.41 bits per heavy atom. The molecule has 0 aliphatic heterocycles. The summed E-state index contributed by atoms with van der Waals surface area (Å²) < 4.78 is 5.34. The van der Waals surface area contributed by atoms with Gasteiger partial charge in [-0.1, -0.05) is 6.07 Å². The van der Waals surface area contributed by atoms with Gasteiger partial charge < -0.3 is 10.1 Å². The lowest BCUT2D eigenvalue weighted by molar-refractivity contribution is -0.385. The third-order valence-corrected chi connectivity index (χ3v) is 2.91. The van der Waals surface area contributed by atoms with Crippen LogP contribution in [0.5, 0.6) is 5.75 Å². The standard InChI is InChI=1S/C15H15N3O4/c1-3-22-13-6-4-5-11(8-13)15(19)17-14-10(2)7-12(9-16-14)18(20)21/h4-9H,3H2,1-2H3,(H,16,17,19). The van der Waals surface area contributed by atoms with E-state index < -0.39 is 4.92 Å². The number of aromatic nitrogens is 1. The molecule has 1 N–H and O–H groups in total. The van der Waals surface area contributed by atoms with Gasteiger partial charge in [-0.3, -0.25) is 14.9 Å². The van der Waals surface area contributed by atoms with E-state index in [1.807, 2.05) is 6.92 Å². The Kier molecular flexibility index (Phi) is 4.67. The number of aryl methyl sites for hydroxylation is 1. The number of rotatable bonds is 5. The van der Waals surface area contributed by atoms with Gasteiger partial charge in [0.15, 0.2) is 0 Å². The van der Waals surface area contributed by atoms with Crippen molar-refractivity contribution >= 4 is 17.4 Å². The summed E-state index contributed by atoms with van der Waals surface area (Å²) in [6.07, 6.45) is 1.11. The topological polar surface area (TPSA) is 94.4 Å². The Balaban J connectivity index is 2.18. The quantitative estimate of drug-likeness (QED) is 0.676. The highest BCUT2D eigenvalue weighted by atomic mass is 16.6. The van der Waals surface area contributed by atoms with Gasteiger partial charge in [0, 0.05) is 11.6 Å². The van der Waals surface area contributed by atoms with E-state index in [0.29, 0.717) is 23.5 Å². The average Bonchev–Trinajstić information content (AvgIpc) is 2.49. The van der Waals surface area contributed by atoms with Gasteiger partial charge in [0.2, 0.25) is 0 Å². The van der Waals surface area contributed by atoms with Crippen LogP contribution in [0.1, 0.15) is 22.8 Å². The molecular weight excluding hydrogens is 286 g/mol. The van der Waals surface area contributed by atoms with Crippen LogP contribution in [-0.2, 0) is 0 Å². The molecule has 0 radical (unpaired) electrons. The summed E-state index contributed by atoms with van der Waals surface area (Å²) in [5.74, 6) is 0.534. The molecule has 1 aromatic carbocycles. The molecule has 0 saturated carbocycles. The van der Waals surface area contributed by atoms with Gasteiger partial charge in [-0.15, -0.1) is 0 Å². The minimum absolute atomic E-state index is 0.117. The molecular formula is C15H15N3O4. The lowest BCUT2D eigenvalue weighted by Gasteiger charge is -2.08. The van der Waals surface area contributed by atoms with E-state index in [0.717, 1.165) is 6.20 Å². The van der Waals surface area contributed by atoms with E-state index in [9.17, 15) is 14.9 Å². The molecule has 7 nitrogen and oxygen atoms in total. The zero-order valence-corrected chi connectivity index (χ0v) is 12.2. The predicted molar refractivity (Wildman–Crippen MR) is 81.2 cm³/mol. The van der Waals surface area contributed by atoms with Gasteiger partial charge in [0.1, 0.15) is 17.8 Å². The molecule has 2 aromatic rings. The lowest BCUT2D eigenvalue weighted by Crippen LogP contribution is -2.14. The number of carbonyl (C=O) groups excluding carboxylic acids is 1. The van der Waals surface area contributed by atoms with E-state index in [1.54, 1.807) is 31.2 Å². The Labute approximate surface area is 127 Å². The summed E-state index contributed by atoms with van der Waals surface area (Å²) in [5, 5.41) is 13.3. The molecule has 2 rings (SSSR count). The van der Waals surface area contributed by atoms with Gasteiger partial charge in [-0.25, -0.2) is 4.98 Å². The SMILES string of the molecule is CCOc1cccc(C(=O)Nc2ncc([N+](=O)[O-])cc2C)c1. The van der Waals surface area contributed by atoms with Crippen molar-refractivity contribution < 1.29 is 14.5 Å². The van der Waals surface area contributed by atoms with Crippen molar-refractivity contribution in [1.82, 2.24) is 4.98 Å². The van der Waals surface area contributed by atoms with Crippen molar-refractivity contribution in [2.24, 2.45) is 0 Å². The van der Waals surface area contributed by atoms with E-state index >= 15 is 0 Å². The first-order valence-corrected chi connectivity index (χ1v) is 6.66. The van der Waals surface area contributed by atoms with Crippen molar-refractivity contribution in [1.29, 1.82) is 0 Å². The zero-order chi connectivity index (χ0) is 16.1. The van der Waals surface area contributed by atoms with Crippen molar-refractivity contribution in [2.45, 2.75) is 13.8 Å². The number of amides is 1. The number of pyridine rings is 1. The number of nitro groups is 1. The number of nitrogens with zero attached hydrogens (tertiary/aromatic N) is 2. The normalized spacial score (nSPS) is 10.1. The van der Waals surface area contributed by atoms with Crippen LogP contribution >= 0.6 is 0 Å². The van der Waals surface area contributed by atoms with Gasteiger partial charge in [-0.05, 0) is 37.6 Å². The second-order valence-electron chi connectivity index (χ2n) is 4.53. The largest absolute Gasteiger partial charge is 0.494 e. The first-order chi connectivity index (χ1) is 10.5. The number of anilines is 1. The summed E-state index contributed by atoms with van der Waals surface area (Å²) >= 11 is 0. The Hall–Kier alpha value is -2.96. The molecule has 22 heavy (non-hydrogen) atoms. The monoisotopic (exact) mass is 301 g/mol. The second-order valence-corrected chi connectivity index (χ2v) is 4.53. The van der Waals surface area contributed by atoms with E-state index in [1.165, 1.54) is 6.07 Å². The Morgan fingerprint density at radius 2 is 2.18 bits per heavy atom. The van der Waals surface area contributed by atoms with Crippen LogP contribution in [-0.4, -0.2) is 22.4 Å². The number of carbonyl (C=O) groups is 1. The number of benzene rings is 1. The Bertz CT molecular complexity index is 716. The summed E-state index contributed by atoms with van der Waals surface area (Å²) in [7, 11) is 0. The van der Waals surface area contributed by atoms with Crippen LogP contribution in [0.3, 0.4) is 0 Å². The van der Waals surface area contributed by atoms with E-state index in [-0.39, 0.29) is 17.4 Å². The Morgan fingerprint density at radius 3 is 2.82 bits per heavy atom. The molecule has 0 saturated heterocycles. The highest BCUT2D eigenvalue weighted by Gasteiger charge is 2.13.